The lowest BCUT2D eigenvalue weighted by Gasteiger charge is -2.16. The summed E-state index contributed by atoms with van der Waals surface area (Å²) in [6, 6.07) is 12.5. The number of phenols is 1. The van der Waals surface area contributed by atoms with Gasteiger partial charge in [0.15, 0.2) is 0 Å². The first-order valence-electron chi connectivity index (χ1n) is 7.34. The van der Waals surface area contributed by atoms with E-state index in [0.29, 0.717) is 11.7 Å². The quantitative estimate of drug-likeness (QED) is 0.871. The van der Waals surface area contributed by atoms with Gasteiger partial charge in [-0.05, 0) is 36.1 Å². The Balaban J connectivity index is 2.35. The number of hydrogen-bond acceptors (Lipinski definition) is 3. The summed E-state index contributed by atoms with van der Waals surface area (Å²) in [5.41, 5.74) is 1.98. The Morgan fingerprint density at radius 2 is 1.95 bits per heavy atom. The van der Waals surface area contributed by atoms with Crippen LogP contribution in [0.3, 0.4) is 0 Å². The number of carbonyl (C=O) groups excluding carboxylic acids is 1. The van der Waals surface area contributed by atoms with Crippen molar-refractivity contribution in [1.82, 2.24) is 0 Å². The molecule has 1 unspecified atom stereocenters. The Labute approximate surface area is 130 Å². The zero-order valence-electron chi connectivity index (χ0n) is 13.1. The summed E-state index contributed by atoms with van der Waals surface area (Å²) in [7, 11) is 1.47. The van der Waals surface area contributed by atoms with Crippen molar-refractivity contribution in [2.24, 2.45) is 0 Å². The number of carbonyl (C=O) groups is 1. The molecule has 116 valence electrons. The number of phenolic OH excluding ortho intramolecular Hbond substituents is 1. The number of anilines is 1. The molecule has 0 aliphatic carbocycles. The molecule has 0 bridgehead atoms. The first kappa shape index (κ1) is 15.9. The summed E-state index contributed by atoms with van der Waals surface area (Å²) in [4.78, 5) is 12.5. The molecule has 0 aliphatic heterocycles. The van der Waals surface area contributed by atoms with Gasteiger partial charge in [0.05, 0.1) is 7.11 Å². The second kappa shape index (κ2) is 6.98. The van der Waals surface area contributed by atoms with E-state index in [9.17, 15) is 9.90 Å². The fourth-order valence-corrected chi connectivity index (χ4v) is 2.36. The molecule has 1 amide bonds. The minimum absolute atomic E-state index is 0.0992. The van der Waals surface area contributed by atoms with Gasteiger partial charge in [0.25, 0.3) is 5.91 Å². The number of benzene rings is 2. The van der Waals surface area contributed by atoms with E-state index in [1.807, 2.05) is 24.3 Å². The summed E-state index contributed by atoms with van der Waals surface area (Å²) < 4.78 is 5.16. The van der Waals surface area contributed by atoms with Gasteiger partial charge in [-0.1, -0.05) is 38.1 Å². The highest BCUT2D eigenvalue weighted by molar-refractivity contribution is 6.08. The summed E-state index contributed by atoms with van der Waals surface area (Å²) in [6.45, 7) is 4.22. The Bertz CT molecular complexity index is 667. The predicted molar refractivity (Wildman–Crippen MR) is 87.8 cm³/mol. The molecule has 0 saturated carbocycles. The lowest BCUT2D eigenvalue weighted by atomic mass is 9.96. The van der Waals surface area contributed by atoms with Gasteiger partial charge in [-0.15, -0.1) is 0 Å². The van der Waals surface area contributed by atoms with Crippen molar-refractivity contribution < 1.29 is 14.6 Å². The van der Waals surface area contributed by atoms with E-state index < -0.39 is 0 Å². The van der Waals surface area contributed by atoms with E-state index in [1.165, 1.54) is 13.2 Å². The number of nitrogens with one attached hydrogen (secondary N) is 1. The van der Waals surface area contributed by atoms with Gasteiger partial charge in [0, 0.05) is 5.69 Å². The minimum atomic E-state index is -0.384. The zero-order chi connectivity index (χ0) is 16.1. The summed E-state index contributed by atoms with van der Waals surface area (Å²) in [5, 5.41) is 12.8. The second-order valence-corrected chi connectivity index (χ2v) is 5.21. The van der Waals surface area contributed by atoms with Crippen molar-refractivity contribution in [2.45, 2.75) is 26.2 Å². The molecule has 2 aromatic carbocycles. The van der Waals surface area contributed by atoms with E-state index in [1.54, 1.807) is 12.1 Å². The molecule has 0 saturated heterocycles. The lowest BCUT2D eigenvalue weighted by Crippen LogP contribution is -2.15. The van der Waals surface area contributed by atoms with Gasteiger partial charge < -0.3 is 15.2 Å². The van der Waals surface area contributed by atoms with Crippen LogP contribution in [0.15, 0.2) is 42.5 Å². The molecular formula is C18H21NO3. The van der Waals surface area contributed by atoms with Crippen molar-refractivity contribution in [2.75, 3.05) is 12.4 Å². The van der Waals surface area contributed by atoms with Gasteiger partial charge in [-0.2, -0.15) is 0 Å². The molecule has 0 aromatic heterocycles. The fraction of sp³-hybridized carbons (Fsp3) is 0.278. The molecule has 1 atom stereocenters. The van der Waals surface area contributed by atoms with E-state index in [4.69, 9.17) is 4.74 Å². The third-order valence-electron chi connectivity index (χ3n) is 3.80. The van der Waals surface area contributed by atoms with Crippen molar-refractivity contribution in [3.63, 3.8) is 0 Å². The number of para-hydroxylation sites is 1. The Kier molecular flexibility index (Phi) is 5.04. The molecule has 22 heavy (non-hydrogen) atoms. The first-order chi connectivity index (χ1) is 10.6. The molecule has 0 radical (unpaired) electrons. The van der Waals surface area contributed by atoms with Crippen LogP contribution in [-0.4, -0.2) is 18.1 Å². The van der Waals surface area contributed by atoms with Gasteiger partial charge in [-0.25, -0.2) is 0 Å². The monoisotopic (exact) mass is 299 g/mol. The topological polar surface area (TPSA) is 58.6 Å². The van der Waals surface area contributed by atoms with Gasteiger partial charge in [0.2, 0.25) is 0 Å². The minimum Gasteiger partial charge on any atom is -0.507 e. The first-order valence-corrected chi connectivity index (χ1v) is 7.34. The standard InChI is InChI=1S/C18H21NO3/c1-4-12(2)13-8-5-6-9-14(13)19-18(21)17-15(20)10-7-11-16(17)22-3/h5-12,20H,4H2,1-3H3,(H,19,21). The molecule has 0 heterocycles. The Morgan fingerprint density at radius 3 is 2.64 bits per heavy atom. The summed E-state index contributed by atoms with van der Waals surface area (Å²) in [5.74, 6) is 0.199. The van der Waals surface area contributed by atoms with Crippen LogP contribution in [0.1, 0.15) is 42.1 Å². The van der Waals surface area contributed by atoms with Crippen molar-refractivity contribution in [3.05, 3.63) is 53.6 Å². The highest BCUT2D eigenvalue weighted by Crippen LogP contribution is 2.30. The molecule has 0 fully saturated rings. The molecular weight excluding hydrogens is 278 g/mol. The van der Waals surface area contributed by atoms with Crippen LogP contribution in [0, 0.1) is 0 Å². The largest absolute Gasteiger partial charge is 0.507 e. The molecule has 0 aliphatic rings. The van der Waals surface area contributed by atoms with E-state index in [0.717, 1.165) is 17.7 Å². The van der Waals surface area contributed by atoms with Crippen molar-refractivity contribution in [3.8, 4) is 11.5 Å². The Hall–Kier alpha value is -2.49. The smallest absolute Gasteiger partial charge is 0.263 e. The number of aromatic hydroxyl groups is 1. The number of rotatable bonds is 5. The van der Waals surface area contributed by atoms with Gasteiger partial charge in [-0.3, -0.25) is 4.79 Å². The van der Waals surface area contributed by atoms with Crippen LogP contribution in [-0.2, 0) is 0 Å². The number of methoxy groups -OCH3 is 1. The van der Waals surface area contributed by atoms with Crippen molar-refractivity contribution >= 4 is 11.6 Å². The average Bonchev–Trinajstić information content (AvgIpc) is 2.54. The summed E-state index contributed by atoms with van der Waals surface area (Å²) >= 11 is 0. The van der Waals surface area contributed by atoms with Crippen LogP contribution in [0.4, 0.5) is 5.69 Å². The third kappa shape index (κ3) is 3.22. The average molecular weight is 299 g/mol. The molecule has 2 aromatic rings. The third-order valence-corrected chi connectivity index (χ3v) is 3.80. The van der Waals surface area contributed by atoms with Crippen LogP contribution < -0.4 is 10.1 Å². The second-order valence-electron chi connectivity index (χ2n) is 5.21. The maximum atomic E-state index is 12.5. The Morgan fingerprint density at radius 1 is 1.23 bits per heavy atom. The zero-order valence-corrected chi connectivity index (χ0v) is 13.1. The molecule has 4 nitrogen and oxygen atoms in total. The molecule has 0 spiro atoms. The normalized spacial score (nSPS) is 11.8. The van der Waals surface area contributed by atoms with E-state index >= 15 is 0 Å². The number of ether oxygens (including phenoxy) is 1. The van der Waals surface area contributed by atoms with E-state index in [-0.39, 0.29) is 17.2 Å². The maximum Gasteiger partial charge on any atom is 0.263 e. The van der Waals surface area contributed by atoms with Gasteiger partial charge >= 0.3 is 0 Å². The molecule has 2 rings (SSSR count). The van der Waals surface area contributed by atoms with Crippen LogP contribution >= 0.6 is 0 Å². The van der Waals surface area contributed by atoms with Crippen LogP contribution in [0.5, 0.6) is 11.5 Å². The predicted octanol–water partition coefficient (Wildman–Crippen LogP) is 4.17. The molecule has 2 N–H and O–H groups in total. The fourth-order valence-electron chi connectivity index (χ4n) is 2.36. The molecule has 4 heteroatoms. The van der Waals surface area contributed by atoms with Crippen LogP contribution in [0.25, 0.3) is 0 Å². The number of amides is 1. The van der Waals surface area contributed by atoms with Gasteiger partial charge in [0.1, 0.15) is 17.1 Å². The van der Waals surface area contributed by atoms with E-state index in [2.05, 4.69) is 19.2 Å². The summed E-state index contributed by atoms with van der Waals surface area (Å²) in [6.07, 6.45) is 0.979. The highest BCUT2D eigenvalue weighted by atomic mass is 16.5. The lowest BCUT2D eigenvalue weighted by molar-refractivity contribution is 0.102. The maximum absolute atomic E-state index is 12.5. The van der Waals surface area contributed by atoms with Crippen molar-refractivity contribution in [1.29, 1.82) is 0 Å². The highest BCUT2D eigenvalue weighted by Gasteiger charge is 2.19. The number of hydrogen-bond donors (Lipinski definition) is 2. The van der Waals surface area contributed by atoms with Crippen LogP contribution in [0.2, 0.25) is 0 Å². The SMILES string of the molecule is CCC(C)c1ccccc1NC(=O)c1c(O)cccc1OC.